The van der Waals surface area contributed by atoms with E-state index in [1.807, 2.05) is 0 Å². The highest BCUT2D eigenvalue weighted by Gasteiger charge is 2.41. The molecule has 16 heavy (non-hydrogen) atoms. The van der Waals surface area contributed by atoms with Gasteiger partial charge in [-0.15, -0.1) is 0 Å². The highest BCUT2D eigenvalue weighted by molar-refractivity contribution is 6.76. The Hall–Kier alpha value is 0.180. The van der Waals surface area contributed by atoms with Crippen LogP contribution in [-0.2, 0) is 9.47 Å². The van der Waals surface area contributed by atoms with Crippen molar-refractivity contribution >= 4 is 40.7 Å². The third kappa shape index (κ3) is 3.33. The van der Waals surface area contributed by atoms with E-state index < -0.39 is 34.3 Å². The van der Waals surface area contributed by atoms with Crippen LogP contribution in [0.5, 0.6) is 0 Å². The highest BCUT2D eigenvalue weighted by Crippen LogP contribution is 2.29. The molecule has 6 nitrogen and oxygen atoms in total. The lowest BCUT2D eigenvalue weighted by Crippen LogP contribution is -2.54. The number of halogens is 3. The monoisotopic (exact) mass is 293 g/mol. The van der Waals surface area contributed by atoms with E-state index in [0.29, 0.717) is 0 Å². The first kappa shape index (κ1) is 14.2. The van der Waals surface area contributed by atoms with E-state index >= 15 is 0 Å². The molecule has 0 saturated carbocycles. The predicted molar refractivity (Wildman–Crippen MR) is 56.9 cm³/mol. The molecule has 0 aromatic heterocycles. The summed E-state index contributed by atoms with van der Waals surface area (Å²) in [7, 11) is 0. The minimum absolute atomic E-state index is 0.254. The lowest BCUT2D eigenvalue weighted by molar-refractivity contribution is -0.246. The molecule has 0 aromatic carbocycles. The van der Waals surface area contributed by atoms with E-state index in [-0.39, 0.29) is 6.61 Å². The van der Waals surface area contributed by atoms with Crippen LogP contribution in [-0.4, -0.2) is 56.2 Å². The number of alkyl halides is 3. The molecule has 0 aliphatic carbocycles. The smallest absolute Gasteiger partial charge is 0.265 e. The Bertz CT molecular complexity index is 271. The van der Waals surface area contributed by atoms with Crippen LogP contribution in [0.1, 0.15) is 0 Å². The Kier molecular flexibility index (Phi) is 4.65. The number of hydrogen-bond donors (Lipinski definition) is 4. The van der Waals surface area contributed by atoms with Gasteiger partial charge in [-0.1, -0.05) is 34.8 Å². The number of rotatable bonds is 1. The van der Waals surface area contributed by atoms with Gasteiger partial charge in [0.05, 0.1) is 6.61 Å². The van der Waals surface area contributed by atoms with Crippen LogP contribution in [0, 0.1) is 5.41 Å². The van der Waals surface area contributed by atoms with Crippen molar-refractivity contribution in [2.75, 3.05) is 6.61 Å². The normalized spacial score (nSPS) is 35.9. The molecule has 4 N–H and O–H groups in total. The Labute approximate surface area is 106 Å². The summed E-state index contributed by atoms with van der Waals surface area (Å²) >= 11 is 16.0. The first-order chi connectivity index (χ1) is 7.23. The standard InChI is InChI=1S/C7H10Cl3NO5/c8-7(9,10)6(11)16-5-4(14)3(13)2(12)1-15-5/h2-5,11-14H,1H2/t2-,3+,4?,5-/m1/s1. The van der Waals surface area contributed by atoms with Gasteiger partial charge in [-0.2, -0.15) is 0 Å². The van der Waals surface area contributed by atoms with Gasteiger partial charge in [-0.25, -0.2) is 0 Å². The average Bonchev–Trinajstić information content (AvgIpc) is 2.17. The number of aliphatic hydroxyl groups excluding tert-OH is 3. The fourth-order valence-corrected chi connectivity index (χ4v) is 1.20. The number of aliphatic hydroxyl groups is 3. The van der Waals surface area contributed by atoms with E-state index in [4.69, 9.17) is 54.8 Å². The first-order valence-electron chi connectivity index (χ1n) is 4.21. The van der Waals surface area contributed by atoms with Crippen molar-refractivity contribution in [2.24, 2.45) is 0 Å². The van der Waals surface area contributed by atoms with E-state index in [2.05, 4.69) is 0 Å². The number of hydrogen-bond acceptors (Lipinski definition) is 6. The van der Waals surface area contributed by atoms with Gasteiger partial charge in [0.2, 0.25) is 12.2 Å². The Balaban J connectivity index is 2.59. The van der Waals surface area contributed by atoms with Crippen molar-refractivity contribution in [3.05, 3.63) is 0 Å². The number of nitrogens with one attached hydrogen (secondary N) is 1. The Morgan fingerprint density at radius 1 is 1.25 bits per heavy atom. The maximum absolute atomic E-state index is 9.44. The second-order valence-corrected chi connectivity index (χ2v) is 5.48. The topological polar surface area (TPSA) is 103 Å². The van der Waals surface area contributed by atoms with Crippen molar-refractivity contribution in [3.8, 4) is 0 Å². The summed E-state index contributed by atoms with van der Waals surface area (Å²) in [6.07, 6.45) is -5.56. The molecule has 0 aromatic rings. The van der Waals surface area contributed by atoms with Crippen LogP contribution in [0.2, 0.25) is 0 Å². The SMILES string of the molecule is N=C(O[C@H]1OC[C@@H](O)[C@H](O)C1O)C(Cl)(Cl)Cl. The van der Waals surface area contributed by atoms with Gasteiger partial charge in [0.25, 0.3) is 3.79 Å². The van der Waals surface area contributed by atoms with Gasteiger partial charge >= 0.3 is 0 Å². The van der Waals surface area contributed by atoms with Gasteiger partial charge in [-0.3, -0.25) is 5.41 Å². The molecule has 94 valence electrons. The minimum Gasteiger partial charge on any atom is -0.445 e. The minimum atomic E-state index is -2.08. The molecule has 9 heteroatoms. The molecule has 1 saturated heterocycles. The van der Waals surface area contributed by atoms with Crippen LogP contribution in [0.25, 0.3) is 0 Å². The average molecular weight is 295 g/mol. The second-order valence-electron chi connectivity index (χ2n) is 3.19. The summed E-state index contributed by atoms with van der Waals surface area (Å²) in [6.45, 7) is -0.254. The predicted octanol–water partition coefficient (Wildman–Crippen LogP) is -0.211. The molecule has 0 spiro atoms. The molecule has 0 radical (unpaired) electrons. The van der Waals surface area contributed by atoms with Crippen molar-refractivity contribution in [2.45, 2.75) is 28.4 Å². The molecule has 1 fully saturated rings. The summed E-state index contributed by atoms with van der Waals surface area (Å²) in [6, 6.07) is 0. The molecule has 1 unspecified atom stereocenters. The fraction of sp³-hybridized carbons (Fsp3) is 0.857. The van der Waals surface area contributed by atoms with Crippen molar-refractivity contribution < 1.29 is 24.8 Å². The summed E-state index contributed by atoms with van der Waals surface area (Å²) in [5.41, 5.74) is 0. The molecule has 1 rings (SSSR count). The second kappa shape index (κ2) is 5.22. The number of ether oxygens (including phenoxy) is 2. The van der Waals surface area contributed by atoms with E-state index in [1.165, 1.54) is 0 Å². The van der Waals surface area contributed by atoms with Crippen LogP contribution in [0.3, 0.4) is 0 Å². The Morgan fingerprint density at radius 2 is 1.81 bits per heavy atom. The zero-order valence-corrected chi connectivity index (χ0v) is 10.1. The van der Waals surface area contributed by atoms with Crippen LogP contribution in [0.15, 0.2) is 0 Å². The Morgan fingerprint density at radius 3 is 2.31 bits per heavy atom. The molecule has 0 amide bonds. The third-order valence-electron chi connectivity index (χ3n) is 1.95. The summed E-state index contributed by atoms with van der Waals surface area (Å²) < 4.78 is 7.49. The zero-order chi connectivity index (χ0) is 12.5. The van der Waals surface area contributed by atoms with Crippen LogP contribution in [0.4, 0.5) is 0 Å². The van der Waals surface area contributed by atoms with Gasteiger partial charge in [-0.05, 0) is 0 Å². The first-order valence-corrected chi connectivity index (χ1v) is 5.35. The van der Waals surface area contributed by atoms with Gasteiger partial charge in [0.1, 0.15) is 18.3 Å². The van der Waals surface area contributed by atoms with E-state index in [9.17, 15) is 10.2 Å². The quantitative estimate of drug-likeness (QED) is 0.304. The molecule has 1 heterocycles. The summed E-state index contributed by atoms with van der Waals surface area (Å²) in [5, 5.41) is 35.1. The van der Waals surface area contributed by atoms with Crippen LogP contribution < -0.4 is 0 Å². The van der Waals surface area contributed by atoms with Gasteiger partial charge in [0, 0.05) is 0 Å². The van der Waals surface area contributed by atoms with Crippen molar-refractivity contribution in [1.29, 1.82) is 5.41 Å². The lowest BCUT2D eigenvalue weighted by atomic mass is 10.1. The maximum Gasteiger partial charge on any atom is 0.265 e. The fourth-order valence-electron chi connectivity index (χ4n) is 1.07. The van der Waals surface area contributed by atoms with Crippen molar-refractivity contribution in [1.82, 2.24) is 0 Å². The van der Waals surface area contributed by atoms with E-state index in [1.54, 1.807) is 0 Å². The van der Waals surface area contributed by atoms with Gasteiger partial charge < -0.3 is 24.8 Å². The zero-order valence-electron chi connectivity index (χ0n) is 7.81. The highest BCUT2D eigenvalue weighted by atomic mass is 35.6. The van der Waals surface area contributed by atoms with Gasteiger partial charge in [0.15, 0.2) is 0 Å². The molecular weight excluding hydrogens is 284 g/mol. The summed E-state index contributed by atoms with van der Waals surface area (Å²) in [5.74, 6) is -0.745. The summed E-state index contributed by atoms with van der Waals surface area (Å²) in [4.78, 5) is 0. The lowest BCUT2D eigenvalue weighted by Gasteiger charge is -2.35. The van der Waals surface area contributed by atoms with Crippen LogP contribution >= 0.6 is 34.8 Å². The molecular formula is C7H10Cl3NO5. The molecule has 0 bridgehead atoms. The largest absolute Gasteiger partial charge is 0.445 e. The maximum atomic E-state index is 9.44. The third-order valence-corrected chi connectivity index (χ3v) is 2.46. The molecule has 1 aliphatic heterocycles. The van der Waals surface area contributed by atoms with Crippen molar-refractivity contribution in [3.63, 3.8) is 0 Å². The molecule has 4 atom stereocenters. The van der Waals surface area contributed by atoms with E-state index in [0.717, 1.165) is 0 Å². The molecule has 1 aliphatic rings.